The van der Waals surface area contributed by atoms with Crippen LogP contribution in [0.3, 0.4) is 0 Å². The fourth-order valence-corrected chi connectivity index (χ4v) is 5.86. The first-order valence-corrected chi connectivity index (χ1v) is 15.1. The molecular formula is C30H35ClFN3O5S. The number of rotatable bonds is 13. The van der Waals surface area contributed by atoms with Crippen molar-refractivity contribution < 1.29 is 27.1 Å². The first-order valence-electron chi connectivity index (χ1n) is 13.3. The first kappa shape index (κ1) is 31.9. The van der Waals surface area contributed by atoms with E-state index in [2.05, 4.69) is 5.32 Å². The molecule has 3 rings (SSSR count). The standard InChI is InChI=1S/C30H35ClFN3O5S/c1-5-28(30(37)33-21(3)4)34(19-22-9-7-8-10-27(22)31)29(36)20-35(24-13-15-25(16-14-24)40-6-2)41(38,39)26-17-11-23(32)12-18-26/h7-18,21,28H,5-6,19-20H2,1-4H3,(H,33,37). The van der Waals surface area contributed by atoms with Gasteiger partial charge in [-0.2, -0.15) is 0 Å². The zero-order valence-electron chi connectivity index (χ0n) is 23.5. The molecule has 0 spiro atoms. The third-order valence-electron chi connectivity index (χ3n) is 6.23. The zero-order valence-corrected chi connectivity index (χ0v) is 25.1. The van der Waals surface area contributed by atoms with Crippen molar-refractivity contribution in [3.63, 3.8) is 0 Å². The number of benzene rings is 3. The second-order valence-electron chi connectivity index (χ2n) is 9.59. The minimum absolute atomic E-state index is 0.0176. The number of nitrogens with one attached hydrogen (secondary N) is 1. The van der Waals surface area contributed by atoms with Crippen LogP contribution in [0, 0.1) is 5.82 Å². The Morgan fingerprint density at radius 1 is 0.976 bits per heavy atom. The van der Waals surface area contributed by atoms with E-state index in [1.54, 1.807) is 43.3 Å². The number of carbonyl (C=O) groups excluding carboxylic acids is 2. The van der Waals surface area contributed by atoms with Gasteiger partial charge in [-0.05, 0) is 87.4 Å². The van der Waals surface area contributed by atoms with Crippen LogP contribution in [0.4, 0.5) is 10.1 Å². The number of hydrogen-bond acceptors (Lipinski definition) is 5. The third kappa shape index (κ3) is 8.20. The average molecular weight is 604 g/mol. The van der Waals surface area contributed by atoms with Gasteiger partial charge in [0.2, 0.25) is 11.8 Å². The molecule has 0 aliphatic carbocycles. The highest BCUT2D eigenvalue weighted by molar-refractivity contribution is 7.92. The molecule has 0 aliphatic heterocycles. The maximum atomic E-state index is 14.0. The molecule has 1 atom stereocenters. The molecule has 41 heavy (non-hydrogen) atoms. The van der Waals surface area contributed by atoms with Crippen LogP contribution in [0.1, 0.15) is 39.7 Å². The number of sulfonamides is 1. The number of hydrogen-bond donors (Lipinski definition) is 1. The number of carbonyl (C=O) groups is 2. The van der Waals surface area contributed by atoms with Crippen LogP contribution >= 0.6 is 11.6 Å². The fraction of sp³-hybridized carbons (Fsp3) is 0.333. The molecule has 2 amide bonds. The summed E-state index contributed by atoms with van der Waals surface area (Å²) in [6, 6.07) is 16.5. The Labute approximate surface area is 246 Å². The summed E-state index contributed by atoms with van der Waals surface area (Å²) in [5, 5.41) is 3.26. The number of nitrogens with zero attached hydrogens (tertiary/aromatic N) is 2. The molecule has 0 aromatic heterocycles. The Kier molecular flexibility index (Phi) is 11.1. The van der Waals surface area contributed by atoms with Crippen LogP contribution in [0.15, 0.2) is 77.7 Å². The van der Waals surface area contributed by atoms with Gasteiger partial charge in [0, 0.05) is 17.6 Å². The van der Waals surface area contributed by atoms with E-state index in [4.69, 9.17) is 16.3 Å². The summed E-state index contributed by atoms with van der Waals surface area (Å²) in [6.07, 6.45) is 0.280. The summed E-state index contributed by atoms with van der Waals surface area (Å²) in [5.41, 5.74) is 0.802. The lowest BCUT2D eigenvalue weighted by atomic mass is 10.1. The predicted octanol–water partition coefficient (Wildman–Crippen LogP) is 5.41. The van der Waals surface area contributed by atoms with E-state index in [1.807, 2.05) is 20.8 Å². The van der Waals surface area contributed by atoms with Crippen LogP contribution in [-0.4, -0.2) is 50.4 Å². The molecule has 8 nitrogen and oxygen atoms in total. The summed E-state index contributed by atoms with van der Waals surface area (Å²) < 4.78 is 47.8. The minimum atomic E-state index is -4.33. The average Bonchev–Trinajstić information content (AvgIpc) is 2.93. The van der Waals surface area contributed by atoms with Crippen molar-refractivity contribution >= 4 is 39.1 Å². The maximum absolute atomic E-state index is 14.0. The van der Waals surface area contributed by atoms with Crippen LogP contribution < -0.4 is 14.4 Å². The van der Waals surface area contributed by atoms with Crippen molar-refractivity contribution in [2.75, 3.05) is 17.5 Å². The molecular weight excluding hydrogens is 569 g/mol. The molecule has 1 N–H and O–H groups in total. The lowest BCUT2D eigenvalue weighted by Crippen LogP contribution is -2.53. The zero-order chi connectivity index (χ0) is 30.2. The van der Waals surface area contributed by atoms with E-state index >= 15 is 0 Å². The first-order chi connectivity index (χ1) is 19.5. The highest BCUT2D eigenvalue weighted by Gasteiger charge is 2.34. The van der Waals surface area contributed by atoms with Gasteiger partial charge in [0.15, 0.2) is 0 Å². The second kappa shape index (κ2) is 14.3. The van der Waals surface area contributed by atoms with E-state index in [0.717, 1.165) is 28.6 Å². The van der Waals surface area contributed by atoms with E-state index < -0.39 is 34.3 Å². The van der Waals surface area contributed by atoms with Gasteiger partial charge in [0.1, 0.15) is 24.2 Å². The van der Waals surface area contributed by atoms with Crippen LogP contribution in [-0.2, 0) is 26.2 Å². The maximum Gasteiger partial charge on any atom is 0.264 e. The van der Waals surface area contributed by atoms with Crippen LogP contribution in [0.5, 0.6) is 5.75 Å². The molecule has 0 aliphatic rings. The Balaban J connectivity index is 2.07. The molecule has 0 radical (unpaired) electrons. The van der Waals surface area contributed by atoms with E-state index in [0.29, 0.717) is 22.9 Å². The number of halogens is 2. The van der Waals surface area contributed by atoms with Gasteiger partial charge in [0.25, 0.3) is 10.0 Å². The molecule has 3 aromatic carbocycles. The van der Waals surface area contributed by atoms with Crippen LogP contribution in [0.2, 0.25) is 5.02 Å². The van der Waals surface area contributed by atoms with Crippen molar-refractivity contribution in [2.24, 2.45) is 0 Å². The van der Waals surface area contributed by atoms with Gasteiger partial charge >= 0.3 is 0 Å². The number of ether oxygens (including phenoxy) is 1. The van der Waals surface area contributed by atoms with E-state index in [9.17, 15) is 22.4 Å². The summed E-state index contributed by atoms with van der Waals surface area (Å²) in [4.78, 5) is 28.4. The van der Waals surface area contributed by atoms with Gasteiger partial charge in [-0.3, -0.25) is 13.9 Å². The summed E-state index contributed by atoms with van der Waals surface area (Å²) in [7, 11) is -4.33. The molecule has 0 heterocycles. The van der Waals surface area contributed by atoms with Gasteiger partial charge in [-0.1, -0.05) is 36.7 Å². The van der Waals surface area contributed by atoms with Gasteiger partial charge in [-0.15, -0.1) is 0 Å². The largest absolute Gasteiger partial charge is 0.494 e. The smallest absolute Gasteiger partial charge is 0.264 e. The topological polar surface area (TPSA) is 96.0 Å². The molecule has 3 aromatic rings. The molecule has 220 valence electrons. The molecule has 0 bridgehead atoms. The van der Waals surface area contributed by atoms with E-state index in [-0.39, 0.29) is 35.5 Å². The summed E-state index contributed by atoms with van der Waals surface area (Å²) in [5.74, 6) is -1.05. The van der Waals surface area contributed by atoms with Gasteiger partial charge in [0.05, 0.1) is 17.2 Å². The monoisotopic (exact) mass is 603 g/mol. The van der Waals surface area contributed by atoms with Crippen molar-refractivity contribution in [1.29, 1.82) is 0 Å². The summed E-state index contributed by atoms with van der Waals surface area (Å²) in [6.45, 7) is 7.01. The van der Waals surface area contributed by atoms with Crippen molar-refractivity contribution in [3.8, 4) is 5.75 Å². The van der Waals surface area contributed by atoms with Gasteiger partial charge in [-0.25, -0.2) is 12.8 Å². The Morgan fingerprint density at radius 2 is 1.61 bits per heavy atom. The molecule has 0 fully saturated rings. The predicted molar refractivity (Wildman–Crippen MR) is 158 cm³/mol. The lowest BCUT2D eigenvalue weighted by molar-refractivity contribution is -0.140. The lowest BCUT2D eigenvalue weighted by Gasteiger charge is -2.33. The fourth-order valence-electron chi connectivity index (χ4n) is 4.25. The van der Waals surface area contributed by atoms with Gasteiger partial charge < -0.3 is 15.0 Å². The minimum Gasteiger partial charge on any atom is -0.494 e. The Bertz CT molecular complexity index is 1430. The van der Waals surface area contributed by atoms with Crippen molar-refractivity contribution in [3.05, 3.63) is 89.2 Å². The SMILES string of the molecule is CCOc1ccc(N(CC(=O)N(Cc2ccccc2Cl)C(CC)C(=O)NC(C)C)S(=O)(=O)c2ccc(F)cc2)cc1. The van der Waals surface area contributed by atoms with Crippen molar-refractivity contribution in [1.82, 2.24) is 10.2 Å². The number of amides is 2. The molecule has 11 heteroatoms. The highest BCUT2D eigenvalue weighted by atomic mass is 35.5. The number of anilines is 1. The quantitative estimate of drug-likeness (QED) is 0.282. The van der Waals surface area contributed by atoms with Crippen LogP contribution in [0.25, 0.3) is 0 Å². The third-order valence-corrected chi connectivity index (χ3v) is 8.39. The summed E-state index contributed by atoms with van der Waals surface area (Å²) >= 11 is 6.40. The Morgan fingerprint density at radius 3 is 2.17 bits per heavy atom. The molecule has 1 unspecified atom stereocenters. The van der Waals surface area contributed by atoms with Crippen molar-refractivity contribution in [2.45, 2.75) is 57.6 Å². The highest BCUT2D eigenvalue weighted by Crippen LogP contribution is 2.27. The van der Waals surface area contributed by atoms with E-state index in [1.165, 1.54) is 17.0 Å². The normalized spacial score (nSPS) is 12.1. The molecule has 0 saturated carbocycles. The molecule has 0 saturated heterocycles. The second-order valence-corrected chi connectivity index (χ2v) is 11.9. The Hall–Kier alpha value is -3.63.